The summed E-state index contributed by atoms with van der Waals surface area (Å²) in [6, 6.07) is 10.7. The lowest BCUT2D eigenvalue weighted by molar-refractivity contribution is -0.124. The van der Waals surface area contributed by atoms with Gasteiger partial charge in [0.25, 0.3) is 15.9 Å². The van der Waals surface area contributed by atoms with Gasteiger partial charge in [-0.15, -0.1) is 0 Å². The van der Waals surface area contributed by atoms with E-state index in [0.29, 0.717) is 5.69 Å². The van der Waals surface area contributed by atoms with E-state index in [0.717, 1.165) is 17.5 Å². The van der Waals surface area contributed by atoms with Crippen molar-refractivity contribution in [2.24, 2.45) is 0 Å². The number of hydrogen-bond donors (Lipinski definition) is 2. The molecule has 156 valence electrons. The highest BCUT2D eigenvalue weighted by Crippen LogP contribution is 2.19. The third-order valence-electron chi connectivity index (χ3n) is 4.52. The monoisotopic (exact) mass is 418 g/mol. The molecule has 0 aliphatic rings. The Balaban J connectivity index is 1.99. The zero-order valence-electron chi connectivity index (χ0n) is 17.0. The zero-order chi connectivity index (χ0) is 21.6. The normalized spacial score (nSPS) is 12.1. The molecule has 8 heteroatoms. The molecule has 2 aromatic carbocycles. The molecule has 0 aliphatic carbocycles. The Labute approximate surface area is 171 Å². The van der Waals surface area contributed by atoms with Crippen LogP contribution in [0, 0.1) is 13.8 Å². The van der Waals surface area contributed by atoms with E-state index in [1.807, 2.05) is 27.7 Å². The fourth-order valence-electron chi connectivity index (χ4n) is 2.40. The lowest BCUT2D eigenvalue weighted by Gasteiger charge is -2.12. The summed E-state index contributed by atoms with van der Waals surface area (Å²) in [6.45, 7) is 7.18. The summed E-state index contributed by atoms with van der Waals surface area (Å²) < 4.78 is 32.5. The van der Waals surface area contributed by atoms with E-state index >= 15 is 0 Å². The number of amides is 1. The molecule has 0 saturated carbocycles. The van der Waals surface area contributed by atoms with Crippen LogP contribution in [-0.2, 0) is 19.6 Å². The van der Waals surface area contributed by atoms with Crippen LogP contribution < -0.4 is 10.0 Å². The third kappa shape index (κ3) is 6.32. The molecule has 0 aliphatic heterocycles. The first-order valence-electron chi connectivity index (χ1n) is 9.29. The summed E-state index contributed by atoms with van der Waals surface area (Å²) >= 11 is 0. The van der Waals surface area contributed by atoms with Gasteiger partial charge in [-0.2, -0.15) is 0 Å². The summed E-state index contributed by atoms with van der Waals surface area (Å²) in [5.41, 5.74) is 2.41. The third-order valence-corrected chi connectivity index (χ3v) is 5.89. The highest BCUT2D eigenvalue weighted by atomic mass is 32.2. The molecule has 0 saturated heterocycles. The summed E-state index contributed by atoms with van der Waals surface area (Å²) in [5, 5.41) is 2.70. The van der Waals surface area contributed by atoms with Crippen LogP contribution in [0.2, 0.25) is 0 Å². The number of benzene rings is 2. The van der Waals surface area contributed by atoms with Gasteiger partial charge in [-0.05, 0) is 74.7 Å². The molecule has 0 unspecified atom stereocenters. The predicted octanol–water partition coefficient (Wildman–Crippen LogP) is 3.18. The Morgan fingerprint density at radius 3 is 2.28 bits per heavy atom. The average molecular weight is 419 g/mol. The topological polar surface area (TPSA) is 102 Å². The predicted molar refractivity (Wildman–Crippen MR) is 111 cm³/mol. The van der Waals surface area contributed by atoms with Gasteiger partial charge in [0.15, 0.2) is 6.61 Å². The second kappa shape index (κ2) is 9.56. The van der Waals surface area contributed by atoms with Crippen LogP contribution in [0.5, 0.6) is 0 Å². The largest absolute Gasteiger partial charge is 0.452 e. The molecule has 29 heavy (non-hydrogen) atoms. The van der Waals surface area contributed by atoms with Crippen LogP contribution in [0.4, 0.5) is 5.69 Å². The molecule has 2 aromatic rings. The Kier molecular flexibility index (Phi) is 7.39. The minimum Gasteiger partial charge on any atom is -0.452 e. The molecule has 0 aromatic heterocycles. The fraction of sp³-hybridized carbons (Fsp3) is 0.333. The standard InChI is InChI=1S/C21H26N2O5S/c1-5-16(4)22-20(24)13-28-21(25)17-7-9-18(10-8-17)23-29(26,27)19-11-6-14(2)15(3)12-19/h6-12,16,23H,5,13H2,1-4H3,(H,22,24)/t16-/m0/s1. The Morgan fingerprint density at radius 2 is 1.69 bits per heavy atom. The molecular weight excluding hydrogens is 392 g/mol. The molecule has 1 amide bonds. The molecule has 0 spiro atoms. The van der Waals surface area contributed by atoms with E-state index in [1.54, 1.807) is 18.2 Å². The summed E-state index contributed by atoms with van der Waals surface area (Å²) in [5.74, 6) is -1.03. The van der Waals surface area contributed by atoms with Gasteiger partial charge in [0.1, 0.15) is 0 Å². The number of nitrogens with one attached hydrogen (secondary N) is 2. The summed E-state index contributed by atoms with van der Waals surface area (Å²) in [4.78, 5) is 23.9. The van der Waals surface area contributed by atoms with Gasteiger partial charge in [0, 0.05) is 11.7 Å². The number of carbonyl (C=O) groups is 2. The molecule has 2 N–H and O–H groups in total. The maximum Gasteiger partial charge on any atom is 0.338 e. The van der Waals surface area contributed by atoms with Crippen LogP contribution in [0.15, 0.2) is 47.4 Å². The van der Waals surface area contributed by atoms with Crippen molar-refractivity contribution in [3.05, 3.63) is 59.2 Å². The molecule has 0 bridgehead atoms. The van der Waals surface area contributed by atoms with Crippen LogP contribution in [0.25, 0.3) is 0 Å². The molecule has 0 fully saturated rings. The number of anilines is 1. The Bertz CT molecular complexity index is 985. The second-order valence-corrected chi connectivity index (χ2v) is 8.56. The number of sulfonamides is 1. The van der Waals surface area contributed by atoms with Gasteiger partial charge >= 0.3 is 5.97 Å². The minimum atomic E-state index is -3.74. The van der Waals surface area contributed by atoms with Gasteiger partial charge in [-0.3, -0.25) is 9.52 Å². The van der Waals surface area contributed by atoms with Crippen LogP contribution in [0.1, 0.15) is 41.8 Å². The first kappa shape index (κ1) is 22.4. The second-order valence-electron chi connectivity index (χ2n) is 6.88. The van der Waals surface area contributed by atoms with E-state index < -0.39 is 16.0 Å². The molecule has 0 radical (unpaired) electrons. The van der Waals surface area contributed by atoms with Crippen molar-refractivity contribution in [2.45, 2.75) is 45.1 Å². The van der Waals surface area contributed by atoms with E-state index in [1.165, 1.54) is 24.3 Å². The molecule has 2 rings (SSSR count). The molecular formula is C21H26N2O5S. The molecule has 7 nitrogen and oxygen atoms in total. The Morgan fingerprint density at radius 1 is 1.03 bits per heavy atom. The fourth-order valence-corrected chi connectivity index (χ4v) is 3.55. The maximum absolute atomic E-state index is 12.5. The van der Waals surface area contributed by atoms with Crippen molar-refractivity contribution in [1.82, 2.24) is 5.32 Å². The SMILES string of the molecule is CC[C@H](C)NC(=O)COC(=O)c1ccc(NS(=O)(=O)c2ccc(C)c(C)c2)cc1. The van der Waals surface area contributed by atoms with Crippen LogP contribution in [-0.4, -0.2) is 32.9 Å². The van der Waals surface area contributed by atoms with Gasteiger partial charge < -0.3 is 10.1 Å². The number of ether oxygens (including phenoxy) is 1. The van der Waals surface area contributed by atoms with E-state index in [9.17, 15) is 18.0 Å². The first-order valence-corrected chi connectivity index (χ1v) is 10.8. The highest BCUT2D eigenvalue weighted by molar-refractivity contribution is 7.92. The van der Waals surface area contributed by atoms with Crippen LogP contribution in [0.3, 0.4) is 0 Å². The number of hydrogen-bond acceptors (Lipinski definition) is 5. The van der Waals surface area contributed by atoms with Crippen molar-refractivity contribution in [3.8, 4) is 0 Å². The maximum atomic E-state index is 12.5. The lowest BCUT2D eigenvalue weighted by Crippen LogP contribution is -2.35. The minimum absolute atomic E-state index is 0.00539. The Hall–Kier alpha value is -2.87. The van der Waals surface area contributed by atoms with Gasteiger partial charge in [-0.25, -0.2) is 13.2 Å². The lowest BCUT2D eigenvalue weighted by atomic mass is 10.1. The number of aryl methyl sites for hydroxylation is 2. The van der Waals surface area contributed by atoms with Gasteiger partial charge in [-0.1, -0.05) is 13.0 Å². The number of carbonyl (C=O) groups excluding carboxylic acids is 2. The molecule has 1 atom stereocenters. The van der Waals surface area contributed by atoms with Crippen molar-refractivity contribution >= 4 is 27.6 Å². The average Bonchev–Trinajstić information content (AvgIpc) is 2.68. The number of esters is 1. The van der Waals surface area contributed by atoms with Crippen molar-refractivity contribution in [1.29, 1.82) is 0 Å². The highest BCUT2D eigenvalue weighted by Gasteiger charge is 2.16. The van der Waals surface area contributed by atoms with Crippen molar-refractivity contribution in [3.63, 3.8) is 0 Å². The van der Waals surface area contributed by atoms with E-state index in [-0.39, 0.29) is 29.0 Å². The summed E-state index contributed by atoms with van der Waals surface area (Å²) in [7, 11) is -3.74. The van der Waals surface area contributed by atoms with Gasteiger partial charge in [0.05, 0.1) is 10.5 Å². The van der Waals surface area contributed by atoms with Crippen LogP contribution >= 0.6 is 0 Å². The molecule has 0 heterocycles. The van der Waals surface area contributed by atoms with Crippen molar-refractivity contribution < 1.29 is 22.7 Å². The zero-order valence-corrected chi connectivity index (χ0v) is 17.8. The van der Waals surface area contributed by atoms with Gasteiger partial charge in [0.2, 0.25) is 0 Å². The first-order chi connectivity index (χ1) is 13.6. The quantitative estimate of drug-likeness (QED) is 0.641. The smallest absolute Gasteiger partial charge is 0.338 e. The van der Waals surface area contributed by atoms with E-state index in [4.69, 9.17) is 4.74 Å². The summed E-state index contributed by atoms with van der Waals surface area (Å²) in [6.07, 6.45) is 0.777. The van der Waals surface area contributed by atoms with E-state index in [2.05, 4.69) is 10.0 Å². The number of rotatable bonds is 8. The van der Waals surface area contributed by atoms with Crippen molar-refractivity contribution in [2.75, 3.05) is 11.3 Å².